The van der Waals surface area contributed by atoms with Crippen molar-refractivity contribution in [1.82, 2.24) is 19.4 Å². The Morgan fingerprint density at radius 3 is 2.52 bits per heavy atom. The number of hydrogen-bond acceptors (Lipinski definition) is 7. The van der Waals surface area contributed by atoms with Crippen LogP contribution in [0.5, 0.6) is 0 Å². The van der Waals surface area contributed by atoms with Gasteiger partial charge in [0.25, 0.3) is 5.91 Å². The van der Waals surface area contributed by atoms with Crippen LogP contribution < -0.4 is 5.32 Å². The molecule has 40 heavy (non-hydrogen) atoms. The number of likely N-dealkylation sites (tertiary alicyclic amines) is 1. The third-order valence-corrected chi connectivity index (χ3v) is 10.5. The van der Waals surface area contributed by atoms with E-state index in [1.54, 1.807) is 4.90 Å². The number of piperidine rings is 2. The molecular formula is C31H36N4O4S. The van der Waals surface area contributed by atoms with Gasteiger partial charge < -0.3 is 9.64 Å². The van der Waals surface area contributed by atoms with Crippen molar-refractivity contribution < 1.29 is 19.1 Å². The molecule has 0 aromatic heterocycles. The predicted molar refractivity (Wildman–Crippen MR) is 152 cm³/mol. The molecular weight excluding hydrogens is 524 g/mol. The van der Waals surface area contributed by atoms with Crippen LogP contribution in [0.2, 0.25) is 0 Å². The van der Waals surface area contributed by atoms with Crippen molar-refractivity contribution in [3.05, 3.63) is 64.7 Å². The minimum atomic E-state index is -0.564. The second-order valence-electron chi connectivity index (χ2n) is 11.9. The monoisotopic (exact) mass is 560 g/mol. The van der Waals surface area contributed by atoms with Crippen LogP contribution in [0.3, 0.4) is 0 Å². The van der Waals surface area contributed by atoms with Gasteiger partial charge in [-0.2, -0.15) is 0 Å². The molecule has 7 rings (SSSR count). The van der Waals surface area contributed by atoms with Crippen LogP contribution in [0, 0.1) is 0 Å². The Bertz CT molecular complexity index is 1320. The van der Waals surface area contributed by atoms with Gasteiger partial charge in [-0.05, 0) is 91.4 Å². The van der Waals surface area contributed by atoms with Gasteiger partial charge in [-0.3, -0.25) is 24.6 Å². The molecule has 4 fully saturated rings. The molecule has 0 radical (unpaired) electrons. The van der Waals surface area contributed by atoms with Crippen LogP contribution in [0.15, 0.2) is 47.4 Å². The van der Waals surface area contributed by atoms with Crippen LogP contribution >= 0.6 is 11.9 Å². The minimum Gasteiger partial charge on any atom is -0.379 e. The summed E-state index contributed by atoms with van der Waals surface area (Å²) in [6, 6.07) is 14.8. The number of benzene rings is 2. The smallest absolute Gasteiger partial charge is 0.255 e. The third kappa shape index (κ3) is 5.09. The Balaban J connectivity index is 0.985. The quantitative estimate of drug-likeness (QED) is 0.426. The average molecular weight is 561 g/mol. The third-order valence-electron chi connectivity index (χ3n) is 9.39. The number of morpholine rings is 1. The Morgan fingerprint density at radius 2 is 1.77 bits per heavy atom. The Morgan fingerprint density at radius 1 is 0.975 bits per heavy atom. The van der Waals surface area contributed by atoms with Crippen molar-refractivity contribution in [2.24, 2.45) is 0 Å². The van der Waals surface area contributed by atoms with E-state index >= 15 is 0 Å². The molecule has 1 aliphatic carbocycles. The van der Waals surface area contributed by atoms with Gasteiger partial charge in [-0.1, -0.05) is 24.3 Å². The molecule has 1 saturated carbocycles. The van der Waals surface area contributed by atoms with Crippen molar-refractivity contribution in [1.29, 1.82) is 0 Å². The molecule has 2 unspecified atom stereocenters. The first-order valence-electron chi connectivity index (χ1n) is 14.6. The number of nitrogens with one attached hydrogen (secondary N) is 1. The van der Waals surface area contributed by atoms with Gasteiger partial charge >= 0.3 is 0 Å². The average Bonchev–Trinajstić information content (AvgIpc) is 3.66. The highest BCUT2D eigenvalue weighted by Crippen LogP contribution is 2.53. The molecule has 2 aromatic carbocycles. The molecule has 8 nitrogen and oxygen atoms in total. The largest absolute Gasteiger partial charge is 0.379 e. The number of amides is 3. The lowest BCUT2D eigenvalue weighted by Gasteiger charge is -2.40. The summed E-state index contributed by atoms with van der Waals surface area (Å²) >= 11 is 1.83. The fraction of sp³-hybridized carbons (Fsp3) is 0.516. The molecule has 2 aromatic rings. The fourth-order valence-electron chi connectivity index (χ4n) is 6.95. The molecule has 4 heterocycles. The van der Waals surface area contributed by atoms with Gasteiger partial charge in [0, 0.05) is 48.6 Å². The van der Waals surface area contributed by atoms with E-state index in [0.29, 0.717) is 24.4 Å². The topological polar surface area (TPSA) is 82.2 Å². The Kier molecular flexibility index (Phi) is 6.94. The predicted octanol–water partition coefficient (Wildman–Crippen LogP) is 3.70. The van der Waals surface area contributed by atoms with Crippen molar-refractivity contribution >= 4 is 29.7 Å². The van der Waals surface area contributed by atoms with Crippen LogP contribution in [0.1, 0.15) is 71.5 Å². The maximum Gasteiger partial charge on any atom is 0.255 e. The maximum atomic E-state index is 13.1. The first kappa shape index (κ1) is 26.2. The van der Waals surface area contributed by atoms with E-state index in [9.17, 15) is 14.4 Å². The molecule has 1 N–H and O–H groups in total. The molecule has 9 heteroatoms. The van der Waals surface area contributed by atoms with Crippen molar-refractivity contribution in [2.45, 2.75) is 74.0 Å². The first-order valence-corrected chi connectivity index (χ1v) is 15.4. The Hall–Kier alpha value is -2.72. The number of fused-ring (bicyclic) bond motifs is 1. The summed E-state index contributed by atoms with van der Waals surface area (Å²) in [4.78, 5) is 42.7. The van der Waals surface area contributed by atoms with Crippen LogP contribution in [-0.2, 0) is 27.4 Å². The lowest BCUT2D eigenvalue weighted by molar-refractivity contribution is -0.136. The second-order valence-corrected chi connectivity index (χ2v) is 13.1. The second kappa shape index (κ2) is 10.6. The standard InChI is InChI=1S/C31H36N4O4S/c36-28-8-7-27(29(37)32-28)35-20-24-17-22(3-6-26(24)30(35)38)23-9-12-33(31(18-23)10-11-31)19-21-1-4-25(5-2-21)40-34-13-15-39-16-14-34/h1-6,17,23,27H,7-16,18-20H2,(H,32,36,37). The number of nitrogens with zero attached hydrogens (tertiary/aromatic N) is 3. The zero-order valence-electron chi connectivity index (χ0n) is 22.8. The number of imide groups is 1. The van der Waals surface area contributed by atoms with E-state index in [0.717, 1.165) is 57.8 Å². The summed E-state index contributed by atoms with van der Waals surface area (Å²) in [6.45, 7) is 6.09. The van der Waals surface area contributed by atoms with Gasteiger partial charge in [-0.25, -0.2) is 4.31 Å². The SMILES string of the molecule is O=C1CCC(N2Cc3cc(C4CCN(Cc5ccc(SN6CCOCC6)cc5)C5(CC5)C4)ccc3C2=O)C(=O)N1. The van der Waals surface area contributed by atoms with Crippen molar-refractivity contribution in [2.75, 3.05) is 32.8 Å². The van der Waals surface area contributed by atoms with Gasteiger partial charge in [-0.15, -0.1) is 0 Å². The van der Waals surface area contributed by atoms with Crippen molar-refractivity contribution in [3.8, 4) is 0 Å². The molecule has 3 amide bonds. The van der Waals surface area contributed by atoms with Gasteiger partial charge in [0.05, 0.1) is 13.2 Å². The van der Waals surface area contributed by atoms with E-state index in [1.807, 2.05) is 18.0 Å². The van der Waals surface area contributed by atoms with Crippen LogP contribution in [0.25, 0.3) is 0 Å². The zero-order chi connectivity index (χ0) is 27.3. The summed E-state index contributed by atoms with van der Waals surface area (Å²) in [5.74, 6) is -0.228. The van der Waals surface area contributed by atoms with Crippen molar-refractivity contribution in [3.63, 3.8) is 0 Å². The lowest BCUT2D eigenvalue weighted by Crippen LogP contribution is -2.52. The van der Waals surface area contributed by atoms with E-state index < -0.39 is 6.04 Å². The van der Waals surface area contributed by atoms with Gasteiger partial charge in [0.15, 0.2) is 0 Å². The number of ether oxygens (including phenoxy) is 1. The minimum absolute atomic E-state index is 0.0982. The zero-order valence-corrected chi connectivity index (χ0v) is 23.6. The first-order chi connectivity index (χ1) is 19.5. The van der Waals surface area contributed by atoms with E-state index in [1.165, 1.54) is 28.9 Å². The summed E-state index contributed by atoms with van der Waals surface area (Å²) in [6.07, 6.45) is 5.44. The molecule has 210 valence electrons. The molecule has 1 spiro atoms. The lowest BCUT2D eigenvalue weighted by atomic mass is 9.82. The van der Waals surface area contributed by atoms with E-state index in [2.05, 4.69) is 50.9 Å². The molecule has 0 bridgehead atoms. The maximum absolute atomic E-state index is 13.1. The van der Waals surface area contributed by atoms with E-state index in [4.69, 9.17) is 4.74 Å². The molecule has 3 saturated heterocycles. The fourth-order valence-corrected chi connectivity index (χ4v) is 7.83. The summed E-state index contributed by atoms with van der Waals surface area (Å²) < 4.78 is 7.84. The number of carbonyl (C=O) groups excluding carboxylic acids is 3. The number of hydrogen-bond donors (Lipinski definition) is 1. The van der Waals surface area contributed by atoms with Gasteiger partial charge in [0.2, 0.25) is 11.8 Å². The highest BCUT2D eigenvalue weighted by Gasteiger charge is 2.51. The number of carbonyl (C=O) groups is 3. The number of rotatable bonds is 6. The summed E-state index contributed by atoms with van der Waals surface area (Å²) in [5.41, 5.74) is 4.68. The summed E-state index contributed by atoms with van der Waals surface area (Å²) in [5, 5.41) is 2.39. The van der Waals surface area contributed by atoms with Crippen LogP contribution in [-0.4, -0.2) is 76.3 Å². The highest BCUT2D eigenvalue weighted by molar-refractivity contribution is 7.97. The molecule has 4 aliphatic heterocycles. The summed E-state index contributed by atoms with van der Waals surface area (Å²) in [7, 11) is 0. The molecule has 5 aliphatic rings. The van der Waals surface area contributed by atoms with E-state index in [-0.39, 0.29) is 29.7 Å². The highest BCUT2D eigenvalue weighted by atomic mass is 32.2. The normalized spacial score (nSPS) is 26.7. The van der Waals surface area contributed by atoms with Crippen LogP contribution in [0.4, 0.5) is 0 Å². The Labute approximate surface area is 239 Å². The molecule has 2 atom stereocenters. The van der Waals surface area contributed by atoms with Gasteiger partial charge in [0.1, 0.15) is 6.04 Å².